The number of nitrogens with two attached hydrogens (primary N) is 1. The SMILES string of the molecule is CC(C)N(C)CCCCNC(=O)c1ccc(Cl)cc1N. The molecule has 5 heteroatoms. The van der Waals surface area contributed by atoms with Crippen LogP contribution in [-0.2, 0) is 0 Å². The second-order valence-electron chi connectivity index (χ2n) is 5.27. The second-order valence-corrected chi connectivity index (χ2v) is 5.71. The van der Waals surface area contributed by atoms with E-state index in [4.69, 9.17) is 17.3 Å². The zero-order valence-electron chi connectivity index (χ0n) is 12.4. The molecule has 0 radical (unpaired) electrons. The minimum absolute atomic E-state index is 0.142. The molecular formula is C15H24ClN3O. The van der Waals surface area contributed by atoms with Crippen LogP contribution in [0.3, 0.4) is 0 Å². The predicted molar refractivity (Wildman–Crippen MR) is 85.2 cm³/mol. The zero-order valence-corrected chi connectivity index (χ0v) is 13.2. The summed E-state index contributed by atoms with van der Waals surface area (Å²) >= 11 is 5.81. The van der Waals surface area contributed by atoms with Crippen LogP contribution in [0.2, 0.25) is 5.02 Å². The van der Waals surface area contributed by atoms with Gasteiger partial charge in [0.2, 0.25) is 0 Å². The highest BCUT2D eigenvalue weighted by Crippen LogP contribution is 2.17. The molecule has 4 nitrogen and oxygen atoms in total. The van der Waals surface area contributed by atoms with E-state index in [0.29, 0.717) is 28.9 Å². The molecule has 0 heterocycles. The molecule has 0 unspecified atom stereocenters. The second kappa shape index (κ2) is 8.12. The molecule has 1 amide bonds. The molecule has 0 aliphatic carbocycles. The molecule has 0 aromatic heterocycles. The molecule has 112 valence electrons. The van der Waals surface area contributed by atoms with Gasteiger partial charge in [0.1, 0.15) is 0 Å². The molecule has 0 fully saturated rings. The molecule has 1 rings (SSSR count). The van der Waals surface area contributed by atoms with Gasteiger partial charge >= 0.3 is 0 Å². The lowest BCUT2D eigenvalue weighted by molar-refractivity contribution is 0.0953. The van der Waals surface area contributed by atoms with Crippen LogP contribution in [0.5, 0.6) is 0 Å². The van der Waals surface area contributed by atoms with Gasteiger partial charge < -0.3 is 16.0 Å². The van der Waals surface area contributed by atoms with Crippen LogP contribution in [0.25, 0.3) is 0 Å². The fraction of sp³-hybridized carbons (Fsp3) is 0.533. The van der Waals surface area contributed by atoms with Gasteiger partial charge in [0.15, 0.2) is 0 Å². The van der Waals surface area contributed by atoms with E-state index in [-0.39, 0.29) is 5.91 Å². The van der Waals surface area contributed by atoms with E-state index in [1.54, 1.807) is 18.2 Å². The van der Waals surface area contributed by atoms with Crippen molar-refractivity contribution >= 4 is 23.2 Å². The van der Waals surface area contributed by atoms with E-state index in [1.165, 1.54) is 0 Å². The number of carbonyl (C=O) groups excluding carboxylic acids is 1. The first kappa shape index (κ1) is 16.8. The van der Waals surface area contributed by atoms with Gasteiger partial charge in [0.25, 0.3) is 5.91 Å². The Bertz CT molecular complexity index is 449. The fourth-order valence-electron chi connectivity index (χ4n) is 1.78. The number of hydrogen-bond donors (Lipinski definition) is 2. The fourth-order valence-corrected chi connectivity index (χ4v) is 1.96. The van der Waals surface area contributed by atoms with Crippen molar-refractivity contribution in [1.29, 1.82) is 0 Å². The largest absolute Gasteiger partial charge is 0.398 e. The molecule has 1 aromatic rings. The van der Waals surface area contributed by atoms with Crippen molar-refractivity contribution in [1.82, 2.24) is 10.2 Å². The van der Waals surface area contributed by atoms with Crippen LogP contribution in [0, 0.1) is 0 Å². The van der Waals surface area contributed by atoms with Gasteiger partial charge in [-0.2, -0.15) is 0 Å². The summed E-state index contributed by atoms with van der Waals surface area (Å²) in [4.78, 5) is 14.2. The molecule has 0 aliphatic rings. The van der Waals surface area contributed by atoms with E-state index < -0.39 is 0 Å². The number of rotatable bonds is 7. The van der Waals surface area contributed by atoms with Crippen molar-refractivity contribution in [3.05, 3.63) is 28.8 Å². The number of amides is 1. The van der Waals surface area contributed by atoms with E-state index in [2.05, 4.69) is 31.1 Å². The Hall–Kier alpha value is -1.26. The highest BCUT2D eigenvalue weighted by atomic mass is 35.5. The molecular weight excluding hydrogens is 274 g/mol. The third kappa shape index (κ3) is 5.39. The van der Waals surface area contributed by atoms with Gasteiger partial charge in [-0.1, -0.05) is 11.6 Å². The van der Waals surface area contributed by atoms with Gasteiger partial charge in [-0.05, 0) is 58.5 Å². The maximum atomic E-state index is 11.9. The minimum Gasteiger partial charge on any atom is -0.398 e. The zero-order chi connectivity index (χ0) is 15.1. The maximum absolute atomic E-state index is 11.9. The van der Waals surface area contributed by atoms with E-state index in [9.17, 15) is 4.79 Å². The Labute approximate surface area is 126 Å². The molecule has 0 saturated carbocycles. The molecule has 3 N–H and O–H groups in total. The van der Waals surface area contributed by atoms with Gasteiger partial charge in [-0.3, -0.25) is 4.79 Å². The van der Waals surface area contributed by atoms with Gasteiger partial charge in [0, 0.05) is 23.3 Å². The summed E-state index contributed by atoms with van der Waals surface area (Å²) in [5.74, 6) is -0.142. The van der Waals surface area contributed by atoms with Crippen molar-refractivity contribution in [2.24, 2.45) is 0 Å². The average Bonchev–Trinajstić information content (AvgIpc) is 2.37. The smallest absolute Gasteiger partial charge is 0.253 e. The number of nitrogens with one attached hydrogen (secondary N) is 1. The van der Waals surface area contributed by atoms with Crippen molar-refractivity contribution in [3.63, 3.8) is 0 Å². The molecule has 20 heavy (non-hydrogen) atoms. The highest BCUT2D eigenvalue weighted by molar-refractivity contribution is 6.31. The molecule has 0 aliphatic heterocycles. The Balaban J connectivity index is 2.30. The summed E-state index contributed by atoms with van der Waals surface area (Å²) in [5, 5.41) is 3.42. The minimum atomic E-state index is -0.142. The lowest BCUT2D eigenvalue weighted by atomic mass is 10.1. The van der Waals surface area contributed by atoms with E-state index in [1.807, 2.05) is 0 Å². The molecule has 0 atom stereocenters. The number of unbranched alkanes of at least 4 members (excludes halogenated alkanes) is 1. The monoisotopic (exact) mass is 297 g/mol. The van der Waals surface area contributed by atoms with Crippen molar-refractivity contribution < 1.29 is 4.79 Å². The average molecular weight is 298 g/mol. The first-order chi connectivity index (χ1) is 9.41. The van der Waals surface area contributed by atoms with Crippen LogP contribution >= 0.6 is 11.6 Å². The Morgan fingerprint density at radius 2 is 2.10 bits per heavy atom. The Morgan fingerprint density at radius 3 is 2.70 bits per heavy atom. The first-order valence-corrected chi connectivity index (χ1v) is 7.33. The number of anilines is 1. The number of halogens is 1. The Kier molecular flexibility index (Phi) is 6.82. The lowest BCUT2D eigenvalue weighted by Gasteiger charge is -2.20. The third-order valence-corrected chi connectivity index (χ3v) is 3.60. The number of nitrogen functional groups attached to an aromatic ring is 1. The van der Waals surface area contributed by atoms with Crippen LogP contribution < -0.4 is 11.1 Å². The molecule has 1 aromatic carbocycles. The summed E-state index contributed by atoms with van der Waals surface area (Å²) in [7, 11) is 2.11. The first-order valence-electron chi connectivity index (χ1n) is 6.95. The number of hydrogen-bond acceptors (Lipinski definition) is 3. The molecule has 0 bridgehead atoms. The lowest BCUT2D eigenvalue weighted by Crippen LogP contribution is -2.29. The highest BCUT2D eigenvalue weighted by Gasteiger charge is 2.09. The summed E-state index contributed by atoms with van der Waals surface area (Å²) in [6, 6.07) is 5.47. The Morgan fingerprint density at radius 1 is 1.40 bits per heavy atom. The molecule has 0 saturated heterocycles. The summed E-state index contributed by atoms with van der Waals surface area (Å²) in [6.07, 6.45) is 2.02. The predicted octanol–water partition coefficient (Wildman–Crippen LogP) is 2.77. The number of benzene rings is 1. The maximum Gasteiger partial charge on any atom is 0.253 e. The van der Waals surface area contributed by atoms with Crippen molar-refractivity contribution in [3.8, 4) is 0 Å². The normalized spacial score (nSPS) is 11.1. The number of nitrogens with zero attached hydrogens (tertiary/aromatic N) is 1. The topological polar surface area (TPSA) is 58.4 Å². The van der Waals surface area contributed by atoms with Crippen molar-refractivity contribution in [2.75, 3.05) is 25.9 Å². The van der Waals surface area contributed by atoms with E-state index >= 15 is 0 Å². The van der Waals surface area contributed by atoms with Gasteiger partial charge in [0.05, 0.1) is 5.56 Å². The van der Waals surface area contributed by atoms with Gasteiger partial charge in [-0.25, -0.2) is 0 Å². The van der Waals surface area contributed by atoms with Crippen molar-refractivity contribution in [2.45, 2.75) is 32.7 Å². The van der Waals surface area contributed by atoms with E-state index in [0.717, 1.165) is 19.4 Å². The molecule has 0 spiro atoms. The summed E-state index contributed by atoms with van der Waals surface area (Å²) in [5.41, 5.74) is 6.67. The quantitative estimate of drug-likeness (QED) is 0.601. The van der Waals surface area contributed by atoms with Gasteiger partial charge in [-0.15, -0.1) is 0 Å². The van der Waals surface area contributed by atoms with Crippen LogP contribution in [-0.4, -0.2) is 37.0 Å². The number of carbonyl (C=O) groups is 1. The summed E-state index contributed by atoms with van der Waals surface area (Å²) < 4.78 is 0. The standard InChI is InChI=1S/C15H24ClN3O/c1-11(2)19(3)9-5-4-8-18-15(20)13-7-6-12(16)10-14(13)17/h6-7,10-11H,4-5,8-9,17H2,1-3H3,(H,18,20). The third-order valence-electron chi connectivity index (χ3n) is 3.36. The van der Waals surface area contributed by atoms with Crippen LogP contribution in [0.4, 0.5) is 5.69 Å². The van der Waals surface area contributed by atoms with Crippen LogP contribution in [0.1, 0.15) is 37.0 Å². The summed E-state index contributed by atoms with van der Waals surface area (Å²) in [6.45, 7) is 6.04. The van der Waals surface area contributed by atoms with Crippen LogP contribution in [0.15, 0.2) is 18.2 Å².